The Bertz CT molecular complexity index is 406. The van der Waals surface area contributed by atoms with Crippen LogP contribution >= 0.6 is 0 Å². The molecule has 0 saturated carbocycles. The van der Waals surface area contributed by atoms with Gasteiger partial charge in [-0.05, 0) is 12.1 Å². The minimum absolute atomic E-state index is 0.341. The summed E-state index contributed by atoms with van der Waals surface area (Å²) in [6.07, 6.45) is 3.29. The molecule has 2 aromatic rings. The smallest absolute Gasteiger partial charge is 0.256 e. The van der Waals surface area contributed by atoms with Crippen molar-refractivity contribution in [1.29, 1.82) is 0 Å². The molecule has 2 heterocycles. The minimum Gasteiger partial charge on any atom is -0.467 e. The van der Waals surface area contributed by atoms with Crippen molar-refractivity contribution in [3.63, 3.8) is 0 Å². The molecule has 0 bridgehead atoms. The van der Waals surface area contributed by atoms with E-state index in [1.165, 1.54) is 0 Å². The van der Waals surface area contributed by atoms with Crippen LogP contribution in [0.15, 0.2) is 29.0 Å². The molecule has 0 aliphatic carbocycles. The van der Waals surface area contributed by atoms with E-state index in [-0.39, 0.29) is 0 Å². The highest BCUT2D eigenvalue weighted by molar-refractivity contribution is 5.45. The molecule has 2 N–H and O–H groups in total. The Morgan fingerprint density at radius 1 is 1.64 bits per heavy atom. The van der Waals surface area contributed by atoms with Crippen molar-refractivity contribution in [3.05, 3.63) is 30.4 Å². The van der Waals surface area contributed by atoms with E-state index in [4.69, 9.17) is 14.9 Å². The molecule has 5 nitrogen and oxygen atoms in total. The maximum atomic E-state index is 5.64. The van der Waals surface area contributed by atoms with Crippen molar-refractivity contribution in [2.45, 2.75) is 6.61 Å². The van der Waals surface area contributed by atoms with Crippen molar-refractivity contribution < 1.29 is 9.15 Å². The number of nitrogen functional groups attached to an aromatic ring is 1. The fourth-order valence-corrected chi connectivity index (χ4v) is 1.13. The molecule has 14 heavy (non-hydrogen) atoms. The van der Waals surface area contributed by atoms with Gasteiger partial charge in [0.25, 0.3) is 5.88 Å². The standard InChI is InChI=1S/C9H11N3O2/c1-12-5-8(10)9(11-12)14-6-7-3-2-4-13-7/h2-5H,6,10H2,1H3. The van der Waals surface area contributed by atoms with E-state index < -0.39 is 0 Å². The van der Waals surface area contributed by atoms with Crippen molar-refractivity contribution >= 4 is 5.69 Å². The molecular formula is C9H11N3O2. The van der Waals surface area contributed by atoms with E-state index in [2.05, 4.69) is 5.10 Å². The summed E-state index contributed by atoms with van der Waals surface area (Å²) in [5.74, 6) is 1.18. The van der Waals surface area contributed by atoms with E-state index in [0.717, 1.165) is 5.76 Å². The SMILES string of the molecule is Cn1cc(N)c(OCc2ccco2)n1. The van der Waals surface area contributed by atoms with Crippen LogP contribution in [-0.4, -0.2) is 9.78 Å². The largest absolute Gasteiger partial charge is 0.467 e. The van der Waals surface area contributed by atoms with Gasteiger partial charge in [0.1, 0.15) is 18.1 Å². The number of hydrogen-bond acceptors (Lipinski definition) is 4. The zero-order chi connectivity index (χ0) is 9.97. The van der Waals surface area contributed by atoms with Gasteiger partial charge in [-0.25, -0.2) is 0 Å². The van der Waals surface area contributed by atoms with Crippen molar-refractivity contribution in [3.8, 4) is 5.88 Å². The molecule has 0 aliphatic heterocycles. The number of aryl methyl sites for hydroxylation is 1. The van der Waals surface area contributed by atoms with Crippen LogP contribution in [0.4, 0.5) is 5.69 Å². The summed E-state index contributed by atoms with van der Waals surface area (Å²) in [5.41, 5.74) is 6.17. The molecule has 0 atom stereocenters. The molecule has 2 aromatic heterocycles. The van der Waals surface area contributed by atoms with Crippen LogP contribution < -0.4 is 10.5 Å². The first kappa shape index (κ1) is 8.68. The molecule has 0 amide bonds. The first-order chi connectivity index (χ1) is 6.75. The maximum absolute atomic E-state index is 5.64. The quantitative estimate of drug-likeness (QED) is 0.794. The second kappa shape index (κ2) is 3.45. The van der Waals surface area contributed by atoms with Gasteiger partial charge in [0, 0.05) is 7.05 Å². The van der Waals surface area contributed by atoms with Crippen LogP contribution in [0.3, 0.4) is 0 Å². The van der Waals surface area contributed by atoms with E-state index in [0.29, 0.717) is 18.2 Å². The molecule has 2 rings (SSSR count). The molecule has 74 valence electrons. The Balaban J connectivity index is 2.01. The molecular weight excluding hydrogens is 182 g/mol. The predicted molar refractivity (Wildman–Crippen MR) is 50.7 cm³/mol. The number of hydrogen-bond donors (Lipinski definition) is 1. The zero-order valence-electron chi connectivity index (χ0n) is 7.80. The van der Waals surface area contributed by atoms with Gasteiger partial charge in [-0.1, -0.05) is 0 Å². The van der Waals surface area contributed by atoms with Crippen molar-refractivity contribution in [2.24, 2.45) is 7.05 Å². The first-order valence-corrected chi connectivity index (χ1v) is 4.20. The van der Waals surface area contributed by atoms with E-state index in [1.54, 1.807) is 30.3 Å². The van der Waals surface area contributed by atoms with Crippen LogP contribution in [0.1, 0.15) is 5.76 Å². The highest BCUT2D eigenvalue weighted by Crippen LogP contribution is 2.18. The summed E-state index contributed by atoms with van der Waals surface area (Å²) in [5, 5.41) is 4.04. The van der Waals surface area contributed by atoms with Gasteiger partial charge >= 0.3 is 0 Å². The number of aromatic nitrogens is 2. The van der Waals surface area contributed by atoms with Gasteiger partial charge in [-0.2, -0.15) is 0 Å². The number of nitrogens with two attached hydrogens (primary N) is 1. The molecule has 0 radical (unpaired) electrons. The van der Waals surface area contributed by atoms with Crippen LogP contribution in [0.2, 0.25) is 0 Å². The van der Waals surface area contributed by atoms with E-state index in [1.807, 2.05) is 6.07 Å². The Morgan fingerprint density at radius 3 is 3.07 bits per heavy atom. The van der Waals surface area contributed by atoms with Gasteiger partial charge in [0.15, 0.2) is 0 Å². The average Bonchev–Trinajstić information content (AvgIpc) is 2.72. The fraction of sp³-hybridized carbons (Fsp3) is 0.222. The number of nitrogens with zero attached hydrogens (tertiary/aromatic N) is 2. The fourth-order valence-electron chi connectivity index (χ4n) is 1.13. The average molecular weight is 193 g/mol. The van der Waals surface area contributed by atoms with Crippen LogP contribution in [0.5, 0.6) is 5.88 Å². The number of rotatable bonds is 3. The highest BCUT2D eigenvalue weighted by atomic mass is 16.5. The van der Waals surface area contributed by atoms with Gasteiger partial charge in [0.05, 0.1) is 12.5 Å². The maximum Gasteiger partial charge on any atom is 0.256 e. The molecule has 0 unspecified atom stereocenters. The molecule has 0 saturated heterocycles. The monoisotopic (exact) mass is 193 g/mol. The molecule has 0 fully saturated rings. The third kappa shape index (κ3) is 1.71. The Kier molecular flexibility index (Phi) is 2.14. The topological polar surface area (TPSA) is 66.2 Å². The molecule has 0 aromatic carbocycles. The minimum atomic E-state index is 0.341. The van der Waals surface area contributed by atoms with E-state index in [9.17, 15) is 0 Å². The normalized spacial score (nSPS) is 10.4. The zero-order valence-corrected chi connectivity index (χ0v) is 7.80. The van der Waals surface area contributed by atoms with Crippen LogP contribution in [0.25, 0.3) is 0 Å². The van der Waals surface area contributed by atoms with Gasteiger partial charge in [-0.15, -0.1) is 5.10 Å². The Hall–Kier alpha value is -1.91. The third-order valence-corrected chi connectivity index (χ3v) is 1.75. The van der Waals surface area contributed by atoms with E-state index >= 15 is 0 Å². The molecule has 5 heteroatoms. The second-order valence-corrected chi connectivity index (χ2v) is 2.93. The first-order valence-electron chi connectivity index (χ1n) is 4.20. The lowest BCUT2D eigenvalue weighted by molar-refractivity contribution is 0.259. The number of ether oxygens (including phenoxy) is 1. The van der Waals surface area contributed by atoms with Gasteiger partial charge in [-0.3, -0.25) is 4.68 Å². The summed E-state index contributed by atoms with van der Waals surface area (Å²) in [4.78, 5) is 0. The summed E-state index contributed by atoms with van der Waals surface area (Å²) in [7, 11) is 1.79. The highest BCUT2D eigenvalue weighted by Gasteiger charge is 2.05. The molecule has 0 aliphatic rings. The summed E-state index contributed by atoms with van der Waals surface area (Å²) in [6.45, 7) is 0.341. The summed E-state index contributed by atoms with van der Waals surface area (Å²) < 4.78 is 12.1. The lowest BCUT2D eigenvalue weighted by Gasteiger charge is -1.99. The Labute approximate surface area is 81.1 Å². The number of anilines is 1. The third-order valence-electron chi connectivity index (χ3n) is 1.75. The second-order valence-electron chi connectivity index (χ2n) is 2.93. The number of furan rings is 1. The van der Waals surface area contributed by atoms with Gasteiger partial charge in [0.2, 0.25) is 0 Å². The lowest BCUT2D eigenvalue weighted by Crippen LogP contribution is -1.97. The van der Waals surface area contributed by atoms with Crippen LogP contribution in [-0.2, 0) is 13.7 Å². The summed E-state index contributed by atoms with van der Waals surface area (Å²) in [6, 6.07) is 3.64. The van der Waals surface area contributed by atoms with Crippen molar-refractivity contribution in [1.82, 2.24) is 9.78 Å². The molecule has 0 spiro atoms. The lowest BCUT2D eigenvalue weighted by atomic mass is 10.5. The van der Waals surface area contributed by atoms with Crippen LogP contribution in [0, 0.1) is 0 Å². The summed E-state index contributed by atoms with van der Waals surface area (Å²) >= 11 is 0. The predicted octanol–water partition coefficient (Wildman–Crippen LogP) is 1.17. The van der Waals surface area contributed by atoms with Crippen molar-refractivity contribution in [2.75, 3.05) is 5.73 Å². The van der Waals surface area contributed by atoms with Gasteiger partial charge < -0.3 is 14.9 Å². The Morgan fingerprint density at radius 2 is 2.50 bits per heavy atom.